The molecule has 0 aliphatic rings. The number of hydrogen-bond acceptors (Lipinski definition) is 3. The summed E-state index contributed by atoms with van der Waals surface area (Å²) in [5.41, 5.74) is 1.03. The van der Waals surface area contributed by atoms with Crippen LogP contribution < -0.4 is 10.2 Å². The van der Waals surface area contributed by atoms with Crippen LogP contribution in [0.5, 0.6) is 0 Å². The van der Waals surface area contributed by atoms with Crippen LogP contribution in [-0.4, -0.2) is 14.1 Å². The van der Waals surface area contributed by atoms with Crippen LogP contribution in [0.2, 0.25) is 0 Å². The van der Waals surface area contributed by atoms with Crippen molar-refractivity contribution in [2.75, 3.05) is 19.0 Å². The molecule has 1 aromatic heterocycles. The quantitative estimate of drug-likeness (QED) is 0.892. The maximum absolute atomic E-state index is 12.8. The van der Waals surface area contributed by atoms with E-state index in [4.69, 9.17) is 0 Å². The second-order valence-electron chi connectivity index (χ2n) is 4.23. The standard InChI is InChI=1S/C14H17FN2S/c1-16-9-13-7-8-14(18-13)10-17(2)12-5-3-11(15)4-6-12/h3-8,16H,9-10H2,1-2H3. The SMILES string of the molecule is CNCc1ccc(CN(C)c2ccc(F)cc2)s1. The van der Waals surface area contributed by atoms with Crippen LogP contribution in [0.3, 0.4) is 0 Å². The molecule has 1 heterocycles. The number of anilines is 1. The van der Waals surface area contributed by atoms with Crippen LogP contribution in [-0.2, 0) is 13.1 Å². The summed E-state index contributed by atoms with van der Waals surface area (Å²) in [4.78, 5) is 4.76. The first-order chi connectivity index (χ1) is 8.69. The Bertz CT molecular complexity index is 493. The summed E-state index contributed by atoms with van der Waals surface area (Å²) in [5.74, 6) is -0.195. The van der Waals surface area contributed by atoms with Crippen molar-refractivity contribution in [3.63, 3.8) is 0 Å². The van der Waals surface area contributed by atoms with Crippen LogP contribution >= 0.6 is 11.3 Å². The predicted molar refractivity (Wildman–Crippen MR) is 75.6 cm³/mol. The summed E-state index contributed by atoms with van der Waals surface area (Å²) in [6, 6.07) is 10.9. The Morgan fingerprint density at radius 3 is 2.44 bits per heavy atom. The van der Waals surface area contributed by atoms with Gasteiger partial charge in [-0.15, -0.1) is 11.3 Å². The van der Waals surface area contributed by atoms with E-state index in [0.717, 1.165) is 18.8 Å². The van der Waals surface area contributed by atoms with Gasteiger partial charge in [-0.2, -0.15) is 0 Å². The third kappa shape index (κ3) is 3.31. The minimum atomic E-state index is -0.195. The van der Waals surface area contributed by atoms with E-state index in [1.807, 2.05) is 14.1 Å². The van der Waals surface area contributed by atoms with E-state index in [-0.39, 0.29) is 5.82 Å². The number of nitrogens with one attached hydrogen (secondary N) is 1. The Morgan fingerprint density at radius 1 is 1.11 bits per heavy atom. The van der Waals surface area contributed by atoms with Gasteiger partial charge < -0.3 is 10.2 Å². The first kappa shape index (κ1) is 13.1. The fourth-order valence-corrected chi connectivity index (χ4v) is 2.88. The Hall–Kier alpha value is -1.39. The lowest BCUT2D eigenvalue weighted by molar-refractivity contribution is 0.627. The summed E-state index contributed by atoms with van der Waals surface area (Å²) in [7, 11) is 3.97. The van der Waals surface area contributed by atoms with Gasteiger partial charge in [-0.3, -0.25) is 0 Å². The van der Waals surface area contributed by atoms with Gasteiger partial charge in [-0.1, -0.05) is 0 Å². The third-order valence-corrected chi connectivity index (χ3v) is 3.80. The second kappa shape index (κ2) is 5.98. The molecule has 0 saturated carbocycles. The topological polar surface area (TPSA) is 15.3 Å². The highest BCUT2D eigenvalue weighted by Crippen LogP contribution is 2.21. The first-order valence-electron chi connectivity index (χ1n) is 5.88. The monoisotopic (exact) mass is 264 g/mol. The molecule has 1 aromatic carbocycles. The van der Waals surface area contributed by atoms with Crippen molar-refractivity contribution in [1.29, 1.82) is 0 Å². The van der Waals surface area contributed by atoms with Crippen molar-refractivity contribution in [1.82, 2.24) is 5.32 Å². The Labute approximate surface area is 111 Å². The molecule has 0 fully saturated rings. The van der Waals surface area contributed by atoms with Gasteiger partial charge >= 0.3 is 0 Å². The average Bonchev–Trinajstić information content (AvgIpc) is 2.78. The fourth-order valence-electron chi connectivity index (χ4n) is 1.80. The first-order valence-corrected chi connectivity index (χ1v) is 6.69. The number of halogens is 1. The van der Waals surface area contributed by atoms with E-state index < -0.39 is 0 Å². The van der Waals surface area contributed by atoms with Crippen LogP contribution in [0.25, 0.3) is 0 Å². The van der Waals surface area contributed by atoms with E-state index in [1.165, 1.54) is 21.9 Å². The molecule has 0 aliphatic carbocycles. The normalized spacial score (nSPS) is 10.6. The molecular formula is C14H17FN2S. The lowest BCUT2D eigenvalue weighted by Crippen LogP contribution is -2.15. The van der Waals surface area contributed by atoms with E-state index in [2.05, 4.69) is 22.3 Å². The van der Waals surface area contributed by atoms with Crippen molar-refractivity contribution in [3.05, 3.63) is 52.0 Å². The molecule has 4 heteroatoms. The molecule has 0 bridgehead atoms. The molecule has 0 spiro atoms. The van der Waals surface area contributed by atoms with Crippen molar-refractivity contribution in [2.24, 2.45) is 0 Å². The summed E-state index contributed by atoms with van der Waals surface area (Å²) in [6.07, 6.45) is 0. The fraction of sp³-hybridized carbons (Fsp3) is 0.286. The predicted octanol–water partition coefficient (Wildman–Crippen LogP) is 3.24. The van der Waals surface area contributed by atoms with Gasteiger partial charge in [-0.05, 0) is 43.4 Å². The zero-order chi connectivity index (χ0) is 13.0. The number of rotatable bonds is 5. The Kier molecular flexibility index (Phi) is 4.33. The molecule has 18 heavy (non-hydrogen) atoms. The molecule has 0 saturated heterocycles. The van der Waals surface area contributed by atoms with Gasteiger partial charge in [0.05, 0.1) is 6.54 Å². The number of nitrogens with zero attached hydrogens (tertiary/aromatic N) is 1. The molecule has 2 nitrogen and oxygen atoms in total. The van der Waals surface area contributed by atoms with Crippen LogP contribution in [0.1, 0.15) is 9.75 Å². The molecule has 0 radical (unpaired) electrons. The van der Waals surface area contributed by atoms with Crippen molar-refractivity contribution in [2.45, 2.75) is 13.1 Å². The molecule has 1 N–H and O–H groups in total. The third-order valence-electron chi connectivity index (χ3n) is 2.73. The number of benzene rings is 1. The van der Waals surface area contributed by atoms with Crippen molar-refractivity contribution < 1.29 is 4.39 Å². The van der Waals surface area contributed by atoms with E-state index >= 15 is 0 Å². The summed E-state index contributed by atoms with van der Waals surface area (Å²) in [5, 5.41) is 3.14. The van der Waals surface area contributed by atoms with Gasteiger partial charge in [0.1, 0.15) is 5.82 Å². The van der Waals surface area contributed by atoms with Crippen LogP contribution in [0.4, 0.5) is 10.1 Å². The Morgan fingerprint density at radius 2 is 1.78 bits per heavy atom. The van der Waals surface area contributed by atoms with Gasteiger partial charge in [0, 0.05) is 29.0 Å². The molecular weight excluding hydrogens is 247 g/mol. The highest BCUT2D eigenvalue weighted by Gasteiger charge is 2.05. The zero-order valence-electron chi connectivity index (χ0n) is 10.6. The number of hydrogen-bond donors (Lipinski definition) is 1. The molecule has 2 rings (SSSR count). The minimum Gasteiger partial charge on any atom is -0.369 e. The second-order valence-corrected chi connectivity index (χ2v) is 5.48. The van der Waals surface area contributed by atoms with Gasteiger partial charge in [0.25, 0.3) is 0 Å². The zero-order valence-corrected chi connectivity index (χ0v) is 11.4. The molecule has 0 atom stereocenters. The Balaban J connectivity index is 2.01. The van der Waals surface area contributed by atoms with Crippen molar-refractivity contribution >= 4 is 17.0 Å². The van der Waals surface area contributed by atoms with E-state index in [1.54, 1.807) is 23.5 Å². The van der Waals surface area contributed by atoms with Gasteiger partial charge in [-0.25, -0.2) is 4.39 Å². The highest BCUT2D eigenvalue weighted by atomic mass is 32.1. The summed E-state index contributed by atoms with van der Waals surface area (Å²) < 4.78 is 12.8. The van der Waals surface area contributed by atoms with E-state index in [0.29, 0.717) is 0 Å². The minimum absolute atomic E-state index is 0.195. The van der Waals surface area contributed by atoms with Gasteiger partial charge in [0.15, 0.2) is 0 Å². The van der Waals surface area contributed by atoms with Crippen molar-refractivity contribution in [3.8, 4) is 0 Å². The van der Waals surface area contributed by atoms with Gasteiger partial charge in [0.2, 0.25) is 0 Å². The van der Waals surface area contributed by atoms with Crippen LogP contribution in [0.15, 0.2) is 36.4 Å². The highest BCUT2D eigenvalue weighted by molar-refractivity contribution is 7.12. The smallest absolute Gasteiger partial charge is 0.123 e. The molecule has 0 aliphatic heterocycles. The lowest BCUT2D eigenvalue weighted by Gasteiger charge is -2.18. The average molecular weight is 264 g/mol. The summed E-state index contributed by atoms with van der Waals surface area (Å²) in [6.45, 7) is 1.75. The molecule has 2 aromatic rings. The number of thiophene rings is 1. The molecule has 0 amide bonds. The maximum atomic E-state index is 12.8. The molecule has 96 valence electrons. The van der Waals surface area contributed by atoms with Crippen LogP contribution in [0, 0.1) is 5.82 Å². The lowest BCUT2D eigenvalue weighted by atomic mass is 10.3. The largest absolute Gasteiger partial charge is 0.369 e. The maximum Gasteiger partial charge on any atom is 0.123 e. The summed E-state index contributed by atoms with van der Waals surface area (Å²) >= 11 is 1.81. The molecule has 0 unspecified atom stereocenters. The van der Waals surface area contributed by atoms with E-state index in [9.17, 15) is 4.39 Å².